The molecule has 2 rings (SSSR count). The fourth-order valence-corrected chi connectivity index (χ4v) is 2.22. The van der Waals surface area contributed by atoms with Crippen LogP contribution in [0.2, 0.25) is 0 Å². The minimum atomic E-state index is -0.543. The largest absolute Gasteiger partial charge is 0.504 e. The number of hydrogen-bond donors (Lipinski definition) is 3. The van der Waals surface area contributed by atoms with Gasteiger partial charge in [0.2, 0.25) is 5.75 Å². The van der Waals surface area contributed by atoms with Crippen LogP contribution in [0.3, 0.4) is 0 Å². The van der Waals surface area contributed by atoms with E-state index in [4.69, 9.17) is 14.2 Å². The third kappa shape index (κ3) is 4.83. The summed E-state index contributed by atoms with van der Waals surface area (Å²) in [6.07, 6.45) is 3.16. The number of ether oxygens (including phenoxy) is 3. The van der Waals surface area contributed by atoms with Crippen molar-refractivity contribution < 1.29 is 34.3 Å². The SMILES string of the molecule is COc1cc(C=CC(=O)OCCc2ccc(O)c(O)c2)cc(OC)c1O. The van der Waals surface area contributed by atoms with Crippen LogP contribution in [0.4, 0.5) is 0 Å². The number of phenols is 3. The standard InChI is InChI=1S/C19H20O7/c1-24-16-10-13(11-17(25-2)19(16)23)4-6-18(22)26-8-7-12-3-5-14(20)15(21)9-12/h3-6,9-11,20-21,23H,7-8H2,1-2H3. The molecular weight excluding hydrogens is 340 g/mol. The van der Waals surface area contributed by atoms with Gasteiger partial charge in [-0.1, -0.05) is 6.07 Å². The first-order valence-electron chi connectivity index (χ1n) is 7.75. The summed E-state index contributed by atoms with van der Waals surface area (Å²) >= 11 is 0. The molecule has 0 aliphatic rings. The minimum absolute atomic E-state index is 0.119. The van der Waals surface area contributed by atoms with Gasteiger partial charge in [-0.3, -0.25) is 0 Å². The molecule has 0 spiro atoms. The molecule has 0 aromatic heterocycles. The van der Waals surface area contributed by atoms with Gasteiger partial charge in [-0.05, 0) is 41.5 Å². The van der Waals surface area contributed by atoms with Crippen molar-refractivity contribution in [2.45, 2.75) is 6.42 Å². The van der Waals surface area contributed by atoms with E-state index < -0.39 is 5.97 Å². The summed E-state index contributed by atoms with van der Waals surface area (Å²) in [6, 6.07) is 7.53. The molecule has 0 aliphatic heterocycles. The molecule has 0 radical (unpaired) electrons. The maximum atomic E-state index is 11.8. The van der Waals surface area contributed by atoms with E-state index in [9.17, 15) is 20.1 Å². The van der Waals surface area contributed by atoms with E-state index >= 15 is 0 Å². The van der Waals surface area contributed by atoms with Crippen LogP contribution in [0, 0.1) is 0 Å². The van der Waals surface area contributed by atoms with Gasteiger partial charge in [-0.2, -0.15) is 0 Å². The highest BCUT2D eigenvalue weighted by atomic mass is 16.5. The Morgan fingerprint density at radius 1 is 1.00 bits per heavy atom. The molecular formula is C19H20O7. The second-order valence-electron chi connectivity index (χ2n) is 5.35. The molecule has 0 amide bonds. The Morgan fingerprint density at radius 2 is 1.65 bits per heavy atom. The van der Waals surface area contributed by atoms with E-state index in [1.165, 1.54) is 38.5 Å². The van der Waals surface area contributed by atoms with Crippen molar-refractivity contribution in [3.8, 4) is 28.7 Å². The van der Waals surface area contributed by atoms with Gasteiger partial charge in [0.15, 0.2) is 23.0 Å². The quantitative estimate of drug-likeness (QED) is 0.396. The average Bonchev–Trinajstić information content (AvgIpc) is 2.63. The molecule has 0 unspecified atom stereocenters. The summed E-state index contributed by atoms with van der Waals surface area (Å²) in [7, 11) is 2.83. The van der Waals surface area contributed by atoms with Gasteiger partial charge in [0.25, 0.3) is 0 Å². The normalized spacial score (nSPS) is 10.7. The Kier molecular flexibility index (Phi) is 6.32. The van der Waals surface area contributed by atoms with Crippen LogP contribution in [0.25, 0.3) is 6.08 Å². The summed E-state index contributed by atoms with van der Waals surface area (Å²) < 4.78 is 15.2. The van der Waals surface area contributed by atoms with Crippen LogP contribution in [0.5, 0.6) is 28.7 Å². The lowest BCUT2D eigenvalue weighted by atomic mass is 10.1. The Bertz CT molecular complexity index is 787. The molecule has 0 saturated heterocycles. The third-order valence-corrected chi connectivity index (χ3v) is 3.59. The number of hydrogen-bond acceptors (Lipinski definition) is 7. The van der Waals surface area contributed by atoms with Crippen LogP contribution in [0.15, 0.2) is 36.4 Å². The molecule has 0 bridgehead atoms. The average molecular weight is 360 g/mol. The Hall–Kier alpha value is -3.35. The molecule has 2 aromatic rings. The van der Waals surface area contributed by atoms with E-state index in [2.05, 4.69) is 0 Å². The van der Waals surface area contributed by atoms with Crippen molar-refractivity contribution in [1.29, 1.82) is 0 Å². The number of phenolic OH excluding ortho intramolecular Hbond substituents is 3. The lowest BCUT2D eigenvalue weighted by Gasteiger charge is -2.09. The summed E-state index contributed by atoms with van der Waals surface area (Å²) in [6.45, 7) is 0.121. The van der Waals surface area contributed by atoms with Gasteiger partial charge in [0, 0.05) is 12.5 Å². The van der Waals surface area contributed by atoms with Gasteiger partial charge in [0.1, 0.15) is 0 Å². The highest BCUT2D eigenvalue weighted by Gasteiger charge is 2.10. The van der Waals surface area contributed by atoms with Crippen LogP contribution in [-0.4, -0.2) is 42.1 Å². The van der Waals surface area contributed by atoms with Crippen molar-refractivity contribution in [3.05, 3.63) is 47.5 Å². The minimum Gasteiger partial charge on any atom is -0.504 e. The van der Waals surface area contributed by atoms with Gasteiger partial charge in [0.05, 0.1) is 20.8 Å². The van der Waals surface area contributed by atoms with Crippen LogP contribution < -0.4 is 9.47 Å². The molecule has 0 aliphatic carbocycles. The van der Waals surface area contributed by atoms with Crippen molar-refractivity contribution in [2.75, 3.05) is 20.8 Å². The van der Waals surface area contributed by atoms with E-state index in [1.54, 1.807) is 18.2 Å². The lowest BCUT2D eigenvalue weighted by Crippen LogP contribution is -2.04. The predicted molar refractivity (Wildman–Crippen MR) is 94.7 cm³/mol. The molecule has 0 atom stereocenters. The molecule has 7 heteroatoms. The first-order chi connectivity index (χ1) is 12.4. The molecule has 0 fully saturated rings. The zero-order chi connectivity index (χ0) is 19.1. The molecule has 0 saturated carbocycles. The molecule has 7 nitrogen and oxygen atoms in total. The van der Waals surface area contributed by atoms with Gasteiger partial charge < -0.3 is 29.5 Å². The van der Waals surface area contributed by atoms with Gasteiger partial charge >= 0.3 is 5.97 Å². The highest BCUT2D eigenvalue weighted by molar-refractivity contribution is 5.87. The van der Waals surface area contributed by atoms with E-state index in [1.807, 2.05) is 0 Å². The first-order valence-corrected chi connectivity index (χ1v) is 7.75. The van der Waals surface area contributed by atoms with Crippen LogP contribution in [-0.2, 0) is 16.0 Å². The summed E-state index contributed by atoms with van der Waals surface area (Å²) in [5.74, 6) is -0.628. The summed E-state index contributed by atoms with van der Waals surface area (Å²) in [5, 5.41) is 28.5. The lowest BCUT2D eigenvalue weighted by molar-refractivity contribution is -0.137. The van der Waals surface area contributed by atoms with Crippen molar-refractivity contribution in [2.24, 2.45) is 0 Å². The Balaban J connectivity index is 1.93. The number of benzene rings is 2. The second-order valence-corrected chi connectivity index (χ2v) is 5.35. The van der Waals surface area contributed by atoms with Gasteiger partial charge in [-0.25, -0.2) is 4.79 Å². The van der Waals surface area contributed by atoms with E-state index in [0.717, 1.165) is 5.56 Å². The monoisotopic (exact) mass is 360 g/mol. The van der Waals surface area contributed by atoms with Crippen LogP contribution in [0.1, 0.15) is 11.1 Å². The first kappa shape index (κ1) is 19.0. The van der Waals surface area contributed by atoms with Gasteiger partial charge in [-0.15, -0.1) is 0 Å². The Morgan fingerprint density at radius 3 is 2.23 bits per heavy atom. The second kappa shape index (κ2) is 8.66. The fraction of sp³-hybridized carbons (Fsp3) is 0.211. The topological polar surface area (TPSA) is 105 Å². The number of carbonyl (C=O) groups is 1. The van der Waals surface area contributed by atoms with Crippen molar-refractivity contribution in [3.63, 3.8) is 0 Å². The third-order valence-electron chi connectivity index (χ3n) is 3.59. The zero-order valence-electron chi connectivity index (χ0n) is 14.4. The van der Waals surface area contributed by atoms with Crippen LogP contribution >= 0.6 is 0 Å². The van der Waals surface area contributed by atoms with E-state index in [0.29, 0.717) is 12.0 Å². The molecule has 2 aromatic carbocycles. The predicted octanol–water partition coefficient (Wildman–Crippen LogP) is 2.62. The molecule has 26 heavy (non-hydrogen) atoms. The maximum Gasteiger partial charge on any atom is 0.330 e. The summed E-state index contributed by atoms with van der Waals surface area (Å²) in [5.41, 5.74) is 1.32. The number of carbonyl (C=O) groups excluding carboxylic acids is 1. The zero-order valence-corrected chi connectivity index (χ0v) is 14.4. The molecule has 0 heterocycles. The highest BCUT2D eigenvalue weighted by Crippen LogP contribution is 2.37. The maximum absolute atomic E-state index is 11.8. The Labute approximate surface area is 150 Å². The van der Waals surface area contributed by atoms with Crippen molar-refractivity contribution >= 4 is 12.0 Å². The van der Waals surface area contributed by atoms with E-state index in [-0.39, 0.29) is 35.4 Å². The summed E-state index contributed by atoms with van der Waals surface area (Å²) in [4.78, 5) is 11.8. The molecule has 138 valence electrons. The smallest absolute Gasteiger partial charge is 0.330 e. The number of methoxy groups -OCH3 is 2. The number of rotatable bonds is 7. The number of esters is 1. The fourth-order valence-electron chi connectivity index (χ4n) is 2.22. The molecule has 3 N–H and O–H groups in total. The number of aromatic hydroxyl groups is 3. The van der Waals surface area contributed by atoms with Crippen molar-refractivity contribution in [1.82, 2.24) is 0 Å².